The van der Waals surface area contributed by atoms with E-state index in [2.05, 4.69) is 12.2 Å². The molecular formula is C22H26N2O3. The Morgan fingerprint density at radius 2 is 1.89 bits per heavy atom. The Kier molecular flexibility index (Phi) is 6.12. The monoisotopic (exact) mass is 366 g/mol. The first-order valence-electron chi connectivity index (χ1n) is 9.55. The van der Waals surface area contributed by atoms with Gasteiger partial charge in [-0.2, -0.15) is 0 Å². The van der Waals surface area contributed by atoms with E-state index >= 15 is 0 Å². The van der Waals surface area contributed by atoms with Crippen LogP contribution in [-0.2, 0) is 22.4 Å². The summed E-state index contributed by atoms with van der Waals surface area (Å²) in [6.07, 6.45) is 2.48. The second-order valence-electron chi connectivity index (χ2n) is 6.69. The highest BCUT2D eigenvalue weighted by Gasteiger charge is 2.23. The third kappa shape index (κ3) is 4.67. The van der Waals surface area contributed by atoms with Crippen LogP contribution in [0.1, 0.15) is 37.8 Å². The van der Waals surface area contributed by atoms with E-state index in [0.29, 0.717) is 19.4 Å². The van der Waals surface area contributed by atoms with E-state index in [1.165, 1.54) is 0 Å². The van der Waals surface area contributed by atoms with Gasteiger partial charge in [0, 0.05) is 24.3 Å². The zero-order chi connectivity index (χ0) is 19.2. The van der Waals surface area contributed by atoms with Crippen LogP contribution in [0.2, 0.25) is 0 Å². The number of aryl methyl sites for hydroxylation is 1. The molecule has 5 heteroatoms. The zero-order valence-electron chi connectivity index (χ0n) is 16.0. The largest absolute Gasteiger partial charge is 0.494 e. The minimum atomic E-state index is -0.0589. The number of carbonyl (C=O) groups excluding carboxylic acids is 2. The highest BCUT2D eigenvalue weighted by Crippen LogP contribution is 2.30. The molecule has 2 amide bonds. The molecule has 0 aromatic heterocycles. The number of hydrogen-bond acceptors (Lipinski definition) is 3. The van der Waals surface area contributed by atoms with Crippen LogP contribution in [0.3, 0.4) is 0 Å². The first kappa shape index (κ1) is 19.0. The summed E-state index contributed by atoms with van der Waals surface area (Å²) in [6.45, 7) is 5.36. The number of anilines is 2. The fraction of sp³-hybridized carbons (Fsp3) is 0.364. The van der Waals surface area contributed by atoms with Crippen LogP contribution in [-0.4, -0.2) is 25.0 Å². The van der Waals surface area contributed by atoms with E-state index in [-0.39, 0.29) is 11.8 Å². The van der Waals surface area contributed by atoms with Crippen LogP contribution >= 0.6 is 0 Å². The summed E-state index contributed by atoms with van der Waals surface area (Å²) >= 11 is 0. The molecule has 0 radical (unpaired) electrons. The lowest BCUT2D eigenvalue weighted by Crippen LogP contribution is -2.35. The summed E-state index contributed by atoms with van der Waals surface area (Å²) in [7, 11) is 0. The normalized spacial score (nSPS) is 13.3. The fourth-order valence-electron chi connectivity index (χ4n) is 3.37. The number of fused-ring (bicyclic) bond motifs is 1. The van der Waals surface area contributed by atoms with Gasteiger partial charge in [0.1, 0.15) is 5.75 Å². The molecule has 0 spiro atoms. The van der Waals surface area contributed by atoms with Gasteiger partial charge < -0.3 is 15.0 Å². The van der Waals surface area contributed by atoms with Gasteiger partial charge in [-0.05, 0) is 61.2 Å². The SMILES string of the molecule is CCCN1C(=O)CCc2cc(NC(=O)Cc3ccc(OCC)cc3)ccc21. The second-order valence-corrected chi connectivity index (χ2v) is 6.69. The molecule has 0 fully saturated rings. The first-order valence-corrected chi connectivity index (χ1v) is 9.55. The summed E-state index contributed by atoms with van der Waals surface area (Å²) in [4.78, 5) is 26.3. The molecular weight excluding hydrogens is 340 g/mol. The molecule has 5 nitrogen and oxygen atoms in total. The van der Waals surface area contributed by atoms with Crippen molar-refractivity contribution in [1.82, 2.24) is 0 Å². The van der Waals surface area contributed by atoms with Crippen LogP contribution < -0.4 is 15.0 Å². The average Bonchev–Trinajstić information content (AvgIpc) is 2.66. The van der Waals surface area contributed by atoms with Crippen molar-refractivity contribution < 1.29 is 14.3 Å². The van der Waals surface area contributed by atoms with Gasteiger partial charge in [0.15, 0.2) is 0 Å². The maximum absolute atomic E-state index is 12.4. The summed E-state index contributed by atoms with van der Waals surface area (Å²) < 4.78 is 5.42. The Hall–Kier alpha value is -2.82. The van der Waals surface area contributed by atoms with Crippen molar-refractivity contribution in [2.45, 2.75) is 39.5 Å². The molecule has 3 rings (SSSR count). The molecule has 1 heterocycles. The van der Waals surface area contributed by atoms with Crippen LogP contribution in [0, 0.1) is 0 Å². The highest BCUT2D eigenvalue weighted by molar-refractivity contribution is 5.97. The Bertz CT molecular complexity index is 815. The topological polar surface area (TPSA) is 58.6 Å². The van der Waals surface area contributed by atoms with Crippen LogP contribution in [0.25, 0.3) is 0 Å². The standard InChI is InChI=1S/C22H26N2O3/c1-3-13-24-20-11-8-18(15-17(20)7-12-22(24)26)23-21(25)14-16-5-9-19(10-6-16)27-4-2/h5-6,8-11,15H,3-4,7,12-14H2,1-2H3,(H,23,25). The van der Waals surface area contributed by atoms with Gasteiger partial charge in [-0.15, -0.1) is 0 Å². The fourth-order valence-corrected chi connectivity index (χ4v) is 3.37. The van der Waals surface area contributed by atoms with E-state index in [0.717, 1.165) is 47.6 Å². The molecule has 1 aliphatic heterocycles. The van der Waals surface area contributed by atoms with E-state index in [1.54, 1.807) is 0 Å². The Morgan fingerprint density at radius 1 is 1.11 bits per heavy atom. The number of ether oxygens (including phenoxy) is 1. The van der Waals surface area contributed by atoms with Crippen molar-refractivity contribution in [3.63, 3.8) is 0 Å². The van der Waals surface area contributed by atoms with Gasteiger partial charge in [0.05, 0.1) is 13.0 Å². The summed E-state index contributed by atoms with van der Waals surface area (Å²) in [5.74, 6) is 0.926. The maximum atomic E-state index is 12.4. The molecule has 0 saturated carbocycles. The molecule has 2 aromatic carbocycles. The van der Waals surface area contributed by atoms with E-state index in [4.69, 9.17) is 4.74 Å². The number of hydrogen-bond donors (Lipinski definition) is 1. The lowest BCUT2D eigenvalue weighted by molar-refractivity contribution is -0.119. The number of nitrogens with one attached hydrogen (secondary N) is 1. The van der Waals surface area contributed by atoms with Gasteiger partial charge in [0.2, 0.25) is 11.8 Å². The number of nitrogens with zero attached hydrogens (tertiary/aromatic N) is 1. The molecule has 27 heavy (non-hydrogen) atoms. The van der Waals surface area contributed by atoms with Crippen molar-refractivity contribution in [3.8, 4) is 5.75 Å². The van der Waals surface area contributed by atoms with Gasteiger partial charge in [-0.1, -0.05) is 19.1 Å². The van der Waals surface area contributed by atoms with Crippen molar-refractivity contribution in [2.75, 3.05) is 23.4 Å². The van der Waals surface area contributed by atoms with Crippen molar-refractivity contribution in [2.24, 2.45) is 0 Å². The Balaban J connectivity index is 1.65. The Labute approximate surface area is 160 Å². The van der Waals surface area contributed by atoms with Gasteiger partial charge in [-0.3, -0.25) is 9.59 Å². The lowest BCUT2D eigenvalue weighted by atomic mass is 10.00. The zero-order valence-corrected chi connectivity index (χ0v) is 16.0. The molecule has 1 aliphatic rings. The number of rotatable bonds is 7. The third-order valence-corrected chi connectivity index (χ3v) is 4.61. The minimum Gasteiger partial charge on any atom is -0.494 e. The van der Waals surface area contributed by atoms with Crippen molar-refractivity contribution in [1.29, 1.82) is 0 Å². The maximum Gasteiger partial charge on any atom is 0.228 e. The number of amides is 2. The molecule has 0 aliphatic carbocycles. The van der Waals surface area contributed by atoms with E-state index in [1.807, 2.05) is 54.3 Å². The summed E-state index contributed by atoms with van der Waals surface area (Å²) in [5.41, 5.74) is 3.80. The second kappa shape index (κ2) is 8.71. The molecule has 1 N–H and O–H groups in total. The van der Waals surface area contributed by atoms with Crippen LogP contribution in [0.4, 0.5) is 11.4 Å². The highest BCUT2D eigenvalue weighted by atomic mass is 16.5. The van der Waals surface area contributed by atoms with Gasteiger partial charge in [-0.25, -0.2) is 0 Å². The first-order chi connectivity index (χ1) is 13.1. The summed E-state index contributed by atoms with van der Waals surface area (Å²) in [5, 5.41) is 2.96. The minimum absolute atomic E-state index is 0.0589. The molecule has 0 atom stereocenters. The number of benzene rings is 2. The predicted molar refractivity (Wildman–Crippen MR) is 107 cm³/mol. The van der Waals surface area contributed by atoms with Gasteiger partial charge >= 0.3 is 0 Å². The van der Waals surface area contributed by atoms with Crippen LogP contribution in [0.5, 0.6) is 5.75 Å². The molecule has 2 aromatic rings. The predicted octanol–water partition coefficient (Wildman–Crippen LogP) is 3.96. The Morgan fingerprint density at radius 3 is 2.59 bits per heavy atom. The number of carbonyl (C=O) groups is 2. The molecule has 142 valence electrons. The van der Waals surface area contributed by atoms with Crippen LogP contribution in [0.15, 0.2) is 42.5 Å². The molecule has 0 saturated heterocycles. The van der Waals surface area contributed by atoms with E-state index < -0.39 is 0 Å². The van der Waals surface area contributed by atoms with Gasteiger partial charge in [0.25, 0.3) is 0 Å². The van der Waals surface area contributed by atoms with Crippen molar-refractivity contribution in [3.05, 3.63) is 53.6 Å². The average molecular weight is 366 g/mol. The smallest absolute Gasteiger partial charge is 0.228 e. The lowest BCUT2D eigenvalue weighted by Gasteiger charge is -2.29. The van der Waals surface area contributed by atoms with Crippen molar-refractivity contribution >= 4 is 23.2 Å². The third-order valence-electron chi connectivity index (χ3n) is 4.61. The molecule has 0 unspecified atom stereocenters. The molecule has 0 bridgehead atoms. The quantitative estimate of drug-likeness (QED) is 0.807. The van der Waals surface area contributed by atoms with E-state index in [9.17, 15) is 9.59 Å². The summed E-state index contributed by atoms with van der Waals surface area (Å²) in [6, 6.07) is 13.4.